The van der Waals surface area contributed by atoms with E-state index in [0.717, 1.165) is 29.2 Å². The smallest absolute Gasteiger partial charge is 0.160 e. The molecule has 2 heterocycles. The highest BCUT2D eigenvalue weighted by atomic mass is 35.5. The number of pyridine rings is 1. The second kappa shape index (κ2) is 5.36. The lowest BCUT2D eigenvalue weighted by molar-refractivity contribution is 0.183. The van der Waals surface area contributed by atoms with E-state index in [4.69, 9.17) is 11.6 Å². The molecule has 0 aromatic carbocycles. The van der Waals surface area contributed by atoms with Gasteiger partial charge in [0.25, 0.3) is 0 Å². The third-order valence-electron chi connectivity index (χ3n) is 4.53. The monoisotopic (exact) mass is 291 g/mol. The van der Waals surface area contributed by atoms with Crippen molar-refractivity contribution < 1.29 is 0 Å². The zero-order chi connectivity index (χ0) is 14.2. The van der Waals surface area contributed by atoms with Gasteiger partial charge in [-0.25, -0.2) is 9.97 Å². The summed E-state index contributed by atoms with van der Waals surface area (Å²) in [4.78, 5) is 9.32. The largest absolute Gasteiger partial charge is 0.311 e. The number of imidazole rings is 1. The summed E-state index contributed by atoms with van der Waals surface area (Å²) in [6, 6.07) is 4.06. The van der Waals surface area contributed by atoms with Crippen molar-refractivity contribution in [2.45, 2.75) is 58.4 Å². The predicted molar refractivity (Wildman–Crippen MR) is 83.0 cm³/mol. The first-order valence-electron chi connectivity index (χ1n) is 7.50. The molecule has 2 aromatic heterocycles. The minimum atomic E-state index is 0.359. The number of alkyl halides is 1. The molecule has 0 spiro atoms. The molecular formula is C16H22ClN3. The molecule has 1 aliphatic carbocycles. The molecule has 4 heteroatoms. The summed E-state index contributed by atoms with van der Waals surface area (Å²) in [5.41, 5.74) is 3.35. The molecule has 0 bridgehead atoms. The standard InChI is InChI=1S/C16H22ClN3/c1-12-6-7-13-15(18-12)20(14(10-17)19-13)11-16(2)8-4-3-5-9-16/h6-7H,3-5,8-11H2,1-2H3. The van der Waals surface area contributed by atoms with Gasteiger partial charge in [-0.2, -0.15) is 0 Å². The third kappa shape index (κ3) is 2.56. The van der Waals surface area contributed by atoms with Gasteiger partial charge < -0.3 is 4.57 Å². The summed E-state index contributed by atoms with van der Waals surface area (Å²) in [7, 11) is 0. The fraction of sp³-hybridized carbons (Fsp3) is 0.625. The lowest BCUT2D eigenvalue weighted by Gasteiger charge is -2.34. The van der Waals surface area contributed by atoms with Crippen molar-refractivity contribution in [2.24, 2.45) is 5.41 Å². The molecular weight excluding hydrogens is 270 g/mol. The number of halogens is 1. The normalized spacial score (nSPS) is 18.6. The average Bonchev–Trinajstić information content (AvgIpc) is 2.77. The molecule has 1 saturated carbocycles. The van der Waals surface area contributed by atoms with Crippen molar-refractivity contribution in [1.82, 2.24) is 14.5 Å². The molecule has 0 N–H and O–H groups in total. The van der Waals surface area contributed by atoms with E-state index in [-0.39, 0.29) is 0 Å². The molecule has 0 radical (unpaired) electrons. The fourth-order valence-electron chi connectivity index (χ4n) is 3.36. The van der Waals surface area contributed by atoms with E-state index in [1.54, 1.807) is 0 Å². The van der Waals surface area contributed by atoms with Gasteiger partial charge in [-0.3, -0.25) is 0 Å². The SMILES string of the molecule is Cc1ccc2nc(CCl)n(CC3(C)CCCCC3)c2n1. The van der Waals surface area contributed by atoms with Crippen LogP contribution in [0.5, 0.6) is 0 Å². The summed E-state index contributed by atoms with van der Waals surface area (Å²) < 4.78 is 2.25. The van der Waals surface area contributed by atoms with Gasteiger partial charge in [0.15, 0.2) is 5.65 Å². The van der Waals surface area contributed by atoms with E-state index in [0.29, 0.717) is 11.3 Å². The van der Waals surface area contributed by atoms with Crippen molar-refractivity contribution in [3.8, 4) is 0 Å². The highest BCUT2D eigenvalue weighted by molar-refractivity contribution is 6.16. The molecule has 3 nitrogen and oxygen atoms in total. The first kappa shape index (κ1) is 13.9. The van der Waals surface area contributed by atoms with Crippen LogP contribution >= 0.6 is 11.6 Å². The van der Waals surface area contributed by atoms with Gasteiger partial charge in [0.05, 0.1) is 5.88 Å². The maximum absolute atomic E-state index is 6.10. The summed E-state index contributed by atoms with van der Waals surface area (Å²) in [5, 5.41) is 0. The van der Waals surface area contributed by atoms with Crippen LogP contribution in [0.15, 0.2) is 12.1 Å². The maximum Gasteiger partial charge on any atom is 0.160 e. The Bertz CT molecular complexity index is 611. The lowest BCUT2D eigenvalue weighted by atomic mass is 9.75. The fourth-order valence-corrected chi connectivity index (χ4v) is 3.56. The molecule has 0 unspecified atom stereocenters. The third-order valence-corrected chi connectivity index (χ3v) is 4.77. The van der Waals surface area contributed by atoms with Gasteiger partial charge >= 0.3 is 0 Å². The van der Waals surface area contributed by atoms with Gasteiger partial charge in [0.2, 0.25) is 0 Å². The zero-order valence-corrected chi connectivity index (χ0v) is 13.1. The lowest BCUT2D eigenvalue weighted by Crippen LogP contribution is -2.27. The quantitative estimate of drug-likeness (QED) is 0.782. The van der Waals surface area contributed by atoms with Crippen LogP contribution in [0, 0.1) is 12.3 Å². The Morgan fingerprint density at radius 3 is 2.65 bits per heavy atom. The van der Waals surface area contributed by atoms with Crippen LogP contribution in [0.2, 0.25) is 0 Å². The van der Waals surface area contributed by atoms with Crippen molar-refractivity contribution in [3.05, 3.63) is 23.7 Å². The van der Waals surface area contributed by atoms with Crippen LogP contribution in [0.25, 0.3) is 11.2 Å². The molecule has 0 aliphatic heterocycles. The highest BCUT2D eigenvalue weighted by Crippen LogP contribution is 2.38. The number of aryl methyl sites for hydroxylation is 1. The van der Waals surface area contributed by atoms with Crippen molar-refractivity contribution >= 4 is 22.8 Å². The summed E-state index contributed by atoms with van der Waals surface area (Å²) in [6.07, 6.45) is 6.64. The van der Waals surface area contributed by atoms with Gasteiger partial charge in [0, 0.05) is 12.2 Å². The minimum Gasteiger partial charge on any atom is -0.311 e. The molecule has 3 rings (SSSR count). The van der Waals surface area contributed by atoms with Gasteiger partial charge in [0.1, 0.15) is 11.3 Å². The molecule has 0 atom stereocenters. The Balaban J connectivity index is 2.02. The van der Waals surface area contributed by atoms with E-state index < -0.39 is 0 Å². The Hall–Kier alpha value is -1.09. The van der Waals surface area contributed by atoms with E-state index in [1.807, 2.05) is 19.1 Å². The van der Waals surface area contributed by atoms with E-state index in [2.05, 4.69) is 21.5 Å². The number of aromatic nitrogens is 3. The number of hydrogen-bond donors (Lipinski definition) is 0. The second-order valence-electron chi connectivity index (χ2n) is 6.41. The number of nitrogens with zero attached hydrogens (tertiary/aromatic N) is 3. The van der Waals surface area contributed by atoms with Crippen LogP contribution in [-0.2, 0) is 12.4 Å². The molecule has 1 aliphatic rings. The molecule has 0 amide bonds. The topological polar surface area (TPSA) is 30.7 Å². The van der Waals surface area contributed by atoms with Crippen molar-refractivity contribution in [3.63, 3.8) is 0 Å². The molecule has 2 aromatic rings. The summed E-state index contributed by atoms with van der Waals surface area (Å²) in [6.45, 7) is 5.41. The van der Waals surface area contributed by atoms with Crippen molar-refractivity contribution in [1.29, 1.82) is 0 Å². The van der Waals surface area contributed by atoms with Crippen LogP contribution < -0.4 is 0 Å². The Kier molecular flexibility index (Phi) is 3.72. The summed E-state index contributed by atoms with van der Waals surface area (Å²) in [5.74, 6) is 1.40. The first-order chi connectivity index (χ1) is 9.61. The Morgan fingerprint density at radius 2 is 1.95 bits per heavy atom. The van der Waals surface area contributed by atoms with Crippen LogP contribution in [-0.4, -0.2) is 14.5 Å². The first-order valence-corrected chi connectivity index (χ1v) is 8.03. The number of rotatable bonds is 3. The second-order valence-corrected chi connectivity index (χ2v) is 6.68. The van der Waals surface area contributed by atoms with Crippen LogP contribution in [0.4, 0.5) is 0 Å². The van der Waals surface area contributed by atoms with E-state index >= 15 is 0 Å². The average molecular weight is 292 g/mol. The number of fused-ring (bicyclic) bond motifs is 1. The van der Waals surface area contributed by atoms with Gasteiger partial charge in [-0.15, -0.1) is 11.6 Å². The van der Waals surface area contributed by atoms with Gasteiger partial charge in [-0.1, -0.05) is 26.2 Å². The molecule has 108 valence electrons. The van der Waals surface area contributed by atoms with E-state index in [9.17, 15) is 0 Å². The minimum absolute atomic E-state index is 0.359. The summed E-state index contributed by atoms with van der Waals surface area (Å²) >= 11 is 6.10. The predicted octanol–water partition coefficient (Wildman–Crippen LogP) is 4.45. The van der Waals surface area contributed by atoms with Crippen molar-refractivity contribution in [2.75, 3.05) is 0 Å². The van der Waals surface area contributed by atoms with Crippen LogP contribution in [0.1, 0.15) is 50.5 Å². The highest BCUT2D eigenvalue weighted by Gasteiger charge is 2.29. The van der Waals surface area contributed by atoms with Crippen LogP contribution in [0.3, 0.4) is 0 Å². The van der Waals surface area contributed by atoms with Gasteiger partial charge in [-0.05, 0) is 37.3 Å². The maximum atomic E-state index is 6.10. The zero-order valence-electron chi connectivity index (χ0n) is 12.3. The number of hydrogen-bond acceptors (Lipinski definition) is 2. The molecule has 0 saturated heterocycles. The molecule has 20 heavy (non-hydrogen) atoms. The molecule has 1 fully saturated rings. The Morgan fingerprint density at radius 1 is 1.20 bits per heavy atom. The van der Waals surface area contributed by atoms with E-state index in [1.165, 1.54) is 32.1 Å². The Labute approximate surface area is 125 Å².